The molecule has 0 heterocycles. The van der Waals surface area contributed by atoms with Gasteiger partial charge in [0.15, 0.2) is 0 Å². The highest BCUT2D eigenvalue weighted by atomic mass is 16.4. The van der Waals surface area contributed by atoms with E-state index in [1.54, 1.807) is 0 Å². The molecule has 1 unspecified atom stereocenters. The van der Waals surface area contributed by atoms with Gasteiger partial charge in [0, 0.05) is 5.92 Å². The standard InChI is InChI=1S/C19H25NO3/c1-12-2-4-13(5-3-12)17(14-6-7-14)20-18(21)15-8-10-16(11-9-15)19(22)23/h2-5,14-17H,6-11H2,1H3,(H,20,21)(H,22,23). The molecular formula is C19H25NO3. The lowest BCUT2D eigenvalue weighted by Crippen LogP contribution is -2.37. The van der Waals surface area contributed by atoms with E-state index >= 15 is 0 Å². The van der Waals surface area contributed by atoms with Gasteiger partial charge in [0.25, 0.3) is 0 Å². The van der Waals surface area contributed by atoms with Crippen LogP contribution in [-0.2, 0) is 9.59 Å². The number of carbonyl (C=O) groups is 2. The van der Waals surface area contributed by atoms with Gasteiger partial charge in [-0.25, -0.2) is 0 Å². The van der Waals surface area contributed by atoms with Crippen molar-refractivity contribution in [2.45, 2.75) is 51.5 Å². The number of rotatable bonds is 5. The summed E-state index contributed by atoms with van der Waals surface area (Å²) in [5.74, 6) is -0.365. The van der Waals surface area contributed by atoms with Crippen LogP contribution in [0.4, 0.5) is 0 Å². The summed E-state index contributed by atoms with van der Waals surface area (Å²) < 4.78 is 0. The predicted molar refractivity (Wildman–Crippen MR) is 87.9 cm³/mol. The number of nitrogens with one attached hydrogen (secondary N) is 1. The Morgan fingerprint density at radius 3 is 2.09 bits per heavy atom. The average molecular weight is 315 g/mol. The molecule has 124 valence electrons. The Kier molecular flexibility index (Phi) is 4.69. The summed E-state index contributed by atoms with van der Waals surface area (Å²) in [5.41, 5.74) is 2.41. The van der Waals surface area contributed by atoms with Crippen LogP contribution < -0.4 is 5.32 Å². The summed E-state index contributed by atoms with van der Waals surface area (Å²) in [7, 11) is 0. The summed E-state index contributed by atoms with van der Waals surface area (Å²) in [5, 5.41) is 12.3. The molecule has 2 saturated carbocycles. The zero-order valence-electron chi connectivity index (χ0n) is 13.6. The Bertz CT molecular complexity index is 569. The summed E-state index contributed by atoms with van der Waals surface area (Å²) in [6.45, 7) is 2.06. The van der Waals surface area contributed by atoms with E-state index < -0.39 is 5.97 Å². The highest BCUT2D eigenvalue weighted by molar-refractivity contribution is 5.80. The highest BCUT2D eigenvalue weighted by Gasteiger charge is 2.36. The molecule has 0 bridgehead atoms. The molecule has 3 rings (SSSR count). The van der Waals surface area contributed by atoms with Crippen LogP contribution in [0.5, 0.6) is 0 Å². The molecule has 1 aromatic rings. The lowest BCUT2D eigenvalue weighted by Gasteiger charge is -2.28. The maximum atomic E-state index is 12.6. The van der Waals surface area contributed by atoms with Crippen LogP contribution in [0.2, 0.25) is 0 Å². The number of benzene rings is 1. The Balaban J connectivity index is 1.61. The van der Waals surface area contributed by atoms with Gasteiger partial charge in [-0.05, 0) is 56.9 Å². The first-order valence-electron chi connectivity index (χ1n) is 8.64. The SMILES string of the molecule is Cc1ccc(C(NC(=O)C2CCC(C(=O)O)CC2)C2CC2)cc1. The molecule has 0 aliphatic heterocycles. The van der Waals surface area contributed by atoms with E-state index in [1.807, 2.05) is 0 Å². The van der Waals surface area contributed by atoms with Gasteiger partial charge in [0.1, 0.15) is 0 Å². The number of carboxylic acids is 1. The molecule has 23 heavy (non-hydrogen) atoms. The van der Waals surface area contributed by atoms with E-state index in [4.69, 9.17) is 5.11 Å². The molecule has 2 aliphatic rings. The zero-order chi connectivity index (χ0) is 16.4. The topological polar surface area (TPSA) is 66.4 Å². The fourth-order valence-corrected chi connectivity index (χ4v) is 3.55. The third kappa shape index (κ3) is 3.92. The molecule has 0 radical (unpaired) electrons. The molecule has 0 aromatic heterocycles. The smallest absolute Gasteiger partial charge is 0.306 e. The summed E-state index contributed by atoms with van der Waals surface area (Å²) in [6.07, 6.45) is 4.95. The normalized spacial score (nSPS) is 25.6. The monoisotopic (exact) mass is 315 g/mol. The van der Waals surface area contributed by atoms with Gasteiger partial charge in [-0.3, -0.25) is 9.59 Å². The second-order valence-corrected chi connectivity index (χ2v) is 7.12. The van der Waals surface area contributed by atoms with Crippen molar-refractivity contribution < 1.29 is 14.7 Å². The Morgan fingerprint density at radius 1 is 1.00 bits per heavy atom. The molecule has 4 heteroatoms. The lowest BCUT2D eigenvalue weighted by molar-refractivity contribution is -0.144. The Morgan fingerprint density at radius 2 is 1.57 bits per heavy atom. The molecule has 1 aromatic carbocycles. The number of aryl methyl sites for hydroxylation is 1. The summed E-state index contributed by atoms with van der Waals surface area (Å²) in [6, 6.07) is 8.52. The minimum atomic E-state index is -0.723. The van der Waals surface area contributed by atoms with Crippen molar-refractivity contribution in [3.05, 3.63) is 35.4 Å². The van der Waals surface area contributed by atoms with Crippen molar-refractivity contribution in [1.29, 1.82) is 0 Å². The van der Waals surface area contributed by atoms with Crippen LogP contribution in [0.15, 0.2) is 24.3 Å². The number of hydrogen-bond acceptors (Lipinski definition) is 2. The van der Waals surface area contributed by atoms with E-state index in [1.165, 1.54) is 24.0 Å². The van der Waals surface area contributed by atoms with E-state index in [9.17, 15) is 9.59 Å². The largest absolute Gasteiger partial charge is 0.481 e. The molecule has 1 atom stereocenters. The van der Waals surface area contributed by atoms with Crippen molar-refractivity contribution >= 4 is 11.9 Å². The molecule has 2 N–H and O–H groups in total. The van der Waals surface area contributed by atoms with Crippen molar-refractivity contribution in [1.82, 2.24) is 5.32 Å². The molecule has 0 spiro atoms. The molecule has 1 amide bonds. The van der Waals surface area contributed by atoms with Crippen LogP contribution in [-0.4, -0.2) is 17.0 Å². The van der Waals surface area contributed by atoms with Gasteiger partial charge in [-0.15, -0.1) is 0 Å². The summed E-state index contributed by atoms with van der Waals surface area (Å²) in [4.78, 5) is 23.6. The minimum absolute atomic E-state index is 0.0303. The minimum Gasteiger partial charge on any atom is -0.481 e. The zero-order valence-corrected chi connectivity index (χ0v) is 13.6. The van der Waals surface area contributed by atoms with Crippen LogP contribution in [0.25, 0.3) is 0 Å². The number of hydrogen-bond donors (Lipinski definition) is 2. The van der Waals surface area contributed by atoms with Crippen molar-refractivity contribution in [3.8, 4) is 0 Å². The van der Waals surface area contributed by atoms with E-state index in [-0.39, 0.29) is 23.8 Å². The fourth-order valence-electron chi connectivity index (χ4n) is 3.55. The molecule has 2 fully saturated rings. The fraction of sp³-hybridized carbons (Fsp3) is 0.579. The van der Waals surface area contributed by atoms with Crippen LogP contribution in [0.1, 0.15) is 55.7 Å². The third-order valence-corrected chi connectivity index (χ3v) is 5.27. The quantitative estimate of drug-likeness (QED) is 0.874. The van der Waals surface area contributed by atoms with Gasteiger partial charge in [-0.1, -0.05) is 29.8 Å². The van der Waals surface area contributed by atoms with Gasteiger partial charge < -0.3 is 10.4 Å². The number of amides is 1. The molecular weight excluding hydrogens is 290 g/mol. The Hall–Kier alpha value is -1.84. The molecule has 0 saturated heterocycles. The summed E-state index contributed by atoms with van der Waals surface area (Å²) >= 11 is 0. The average Bonchev–Trinajstić information content (AvgIpc) is 3.38. The number of carboxylic acid groups (broad SMARTS) is 1. The first kappa shape index (κ1) is 16.0. The second-order valence-electron chi connectivity index (χ2n) is 7.12. The Labute approximate surface area is 137 Å². The number of aliphatic carboxylic acids is 1. The van der Waals surface area contributed by atoms with E-state index in [2.05, 4.69) is 36.5 Å². The number of carbonyl (C=O) groups excluding carboxylic acids is 1. The molecule has 2 aliphatic carbocycles. The highest BCUT2D eigenvalue weighted by Crippen LogP contribution is 2.41. The van der Waals surface area contributed by atoms with E-state index in [0.717, 1.165) is 0 Å². The lowest BCUT2D eigenvalue weighted by atomic mass is 9.81. The van der Waals surface area contributed by atoms with Gasteiger partial charge in [-0.2, -0.15) is 0 Å². The van der Waals surface area contributed by atoms with Gasteiger partial charge in [0.05, 0.1) is 12.0 Å². The van der Waals surface area contributed by atoms with Crippen LogP contribution in [0.3, 0.4) is 0 Å². The van der Waals surface area contributed by atoms with Crippen molar-refractivity contribution in [3.63, 3.8) is 0 Å². The maximum Gasteiger partial charge on any atom is 0.306 e. The van der Waals surface area contributed by atoms with Crippen LogP contribution >= 0.6 is 0 Å². The third-order valence-electron chi connectivity index (χ3n) is 5.27. The predicted octanol–water partition coefficient (Wildman–Crippen LogP) is 3.45. The van der Waals surface area contributed by atoms with Crippen LogP contribution in [0, 0.1) is 24.7 Å². The molecule has 4 nitrogen and oxygen atoms in total. The first-order chi connectivity index (χ1) is 11.0. The maximum absolute atomic E-state index is 12.6. The van der Waals surface area contributed by atoms with Crippen molar-refractivity contribution in [2.75, 3.05) is 0 Å². The first-order valence-corrected chi connectivity index (χ1v) is 8.64. The second kappa shape index (κ2) is 6.73. The van der Waals surface area contributed by atoms with E-state index in [0.29, 0.717) is 31.6 Å². The van der Waals surface area contributed by atoms with Gasteiger partial charge in [0.2, 0.25) is 5.91 Å². The van der Waals surface area contributed by atoms with Gasteiger partial charge >= 0.3 is 5.97 Å². The van der Waals surface area contributed by atoms with Crippen molar-refractivity contribution in [2.24, 2.45) is 17.8 Å².